The van der Waals surface area contributed by atoms with Gasteiger partial charge in [-0.15, -0.1) is 0 Å². The second-order valence-corrected chi connectivity index (χ2v) is 3.46. The third-order valence-electron chi connectivity index (χ3n) is 2.33. The first kappa shape index (κ1) is 9.24. The van der Waals surface area contributed by atoms with Crippen molar-refractivity contribution in [3.8, 4) is 0 Å². The molecule has 1 aromatic carbocycles. The summed E-state index contributed by atoms with van der Waals surface area (Å²) in [5.41, 5.74) is 2.25. The van der Waals surface area contributed by atoms with Crippen molar-refractivity contribution in [2.75, 3.05) is 18.4 Å². The molecular formula is C11H14N2O. The number of hydrogen-bond acceptors (Lipinski definition) is 2. The van der Waals surface area contributed by atoms with Gasteiger partial charge in [-0.1, -0.05) is 18.2 Å². The minimum atomic E-state index is 0.337. The van der Waals surface area contributed by atoms with E-state index in [-0.39, 0.29) is 0 Å². The highest BCUT2D eigenvalue weighted by Crippen LogP contribution is 2.11. The Hall–Kier alpha value is -1.32. The van der Waals surface area contributed by atoms with Crippen LogP contribution in [0.4, 0.5) is 5.69 Å². The van der Waals surface area contributed by atoms with Gasteiger partial charge in [0.15, 0.2) is 0 Å². The molecule has 1 heterocycles. The molecule has 0 radical (unpaired) electrons. The van der Waals surface area contributed by atoms with Crippen molar-refractivity contribution >= 4 is 5.69 Å². The minimum Gasteiger partial charge on any atom is -0.634 e. The van der Waals surface area contributed by atoms with Gasteiger partial charge in [-0.25, -0.2) is 0 Å². The molecule has 2 rings (SSSR count). The Morgan fingerprint density at radius 2 is 2.00 bits per heavy atom. The number of hydrogen-bond donors (Lipinski definition) is 2. The third-order valence-corrected chi connectivity index (χ3v) is 2.33. The summed E-state index contributed by atoms with van der Waals surface area (Å²) in [7, 11) is 0. The Bertz CT molecular complexity index is 321. The van der Waals surface area contributed by atoms with Crippen LogP contribution in [0.5, 0.6) is 0 Å². The van der Waals surface area contributed by atoms with E-state index in [1.54, 1.807) is 0 Å². The first-order valence-electron chi connectivity index (χ1n) is 4.87. The fraction of sp³-hybridized carbons (Fsp3) is 0.273. The van der Waals surface area contributed by atoms with E-state index in [0.717, 1.165) is 17.8 Å². The van der Waals surface area contributed by atoms with E-state index in [1.165, 1.54) is 0 Å². The van der Waals surface area contributed by atoms with E-state index in [4.69, 9.17) is 0 Å². The molecule has 1 aromatic rings. The van der Waals surface area contributed by atoms with Crippen molar-refractivity contribution < 1.29 is 5.06 Å². The van der Waals surface area contributed by atoms with Gasteiger partial charge in [-0.3, -0.25) is 0 Å². The Balaban J connectivity index is 1.99. The summed E-state index contributed by atoms with van der Waals surface area (Å²) in [5, 5.41) is 14.6. The van der Waals surface area contributed by atoms with Gasteiger partial charge < -0.3 is 15.6 Å². The van der Waals surface area contributed by atoms with E-state index < -0.39 is 0 Å². The van der Waals surface area contributed by atoms with Gasteiger partial charge in [0.2, 0.25) is 0 Å². The average molecular weight is 190 g/mol. The topological polar surface area (TPSA) is 39.5 Å². The normalized spacial score (nSPS) is 21.5. The molecule has 0 fully saturated rings. The molecule has 3 heteroatoms. The smallest absolute Gasteiger partial charge is 0.0975 e. The number of hydroxylamine groups is 2. The zero-order valence-corrected chi connectivity index (χ0v) is 7.99. The second kappa shape index (κ2) is 4.26. The molecule has 1 aliphatic rings. The quantitative estimate of drug-likeness (QED) is 0.676. The van der Waals surface area contributed by atoms with Gasteiger partial charge in [-0.05, 0) is 18.2 Å². The van der Waals surface area contributed by atoms with E-state index in [2.05, 4.69) is 5.32 Å². The van der Waals surface area contributed by atoms with Crippen LogP contribution in [0.1, 0.15) is 6.42 Å². The molecule has 3 nitrogen and oxygen atoms in total. The molecule has 0 bridgehead atoms. The lowest BCUT2D eigenvalue weighted by atomic mass is 10.2. The van der Waals surface area contributed by atoms with E-state index in [1.807, 2.05) is 36.4 Å². The Morgan fingerprint density at radius 3 is 2.64 bits per heavy atom. The molecule has 0 aliphatic carbocycles. The second-order valence-electron chi connectivity index (χ2n) is 3.46. The lowest BCUT2D eigenvalue weighted by Gasteiger charge is -2.26. The van der Waals surface area contributed by atoms with Crippen LogP contribution in [-0.2, 0) is 0 Å². The first-order chi connectivity index (χ1) is 6.84. The van der Waals surface area contributed by atoms with Crippen molar-refractivity contribution in [3.63, 3.8) is 0 Å². The molecule has 0 amide bonds. The first-order valence-corrected chi connectivity index (χ1v) is 4.87. The van der Waals surface area contributed by atoms with Crippen molar-refractivity contribution in [2.24, 2.45) is 0 Å². The van der Waals surface area contributed by atoms with Crippen molar-refractivity contribution in [1.82, 2.24) is 0 Å². The standard InChI is InChI=1S/C11H14N2O/c14-13-8-6-11(7-9-13)12-10-4-2-1-3-5-10/h1-6,12-13H,7-9H2. The molecule has 0 saturated heterocycles. The zero-order chi connectivity index (χ0) is 9.80. The van der Waals surface area contributed by atoms with Crippen LogP contribution in [-0.4, -0.2) is 13.1 Å². The molecular weight excluding hydrogens is 176 g/mol. The predicted octanol–water partition coefficient (Wildman–Crippen LogP) is 0.769. The SMILES string of the molecule is [O-][NH+]1CC=C(Nc2ccccc2)CC1. The highest BCUT2D eigenvalue weighted by atomic mass is 16.5. The molecule has 1 atom stereocenters. The van der Waals surface area contributed by atoms with Gasteiger partial charge in [0.1, 0.15) is 0 Å². The third kappa shape index (κ3) is 2.34. The number of quaternary nitrogens is 1. The van der Waals surface area contributed by atoms with Gasteiger partial charge in [-0.2, -0.15) is 0 Å². The Labute approximate surface area is 83.6 Å². The molecule has 14 heavy (non-hydrogen) atoms. The van der Waals surface area contributed by atoms with Crippen molar-refractivity contribution in [1.29, 1.82) is 0 Å². The average Bonchev–Trinajstić information content (AvgIpc) is 2.23. The van der Waals surface area contributed by atoms with Crippen molar-refractivity contribution in [2.45, 2.75) is 6.42 Å². The van der Waals surface area contributed by atoms with Gasteiger partial charge in [0.05, 0.1) is 13.1 Å². The van der Waals surface area contributed by atoms with E-state index >= 15 is 0 Å². The van der Waals surface area contributed by atoms with Crippen LogP contribution >= 0.6 is 0 Å². The van der Waals surface area contributed by atoms with Crippen LogP contribution < -0.4 is 10.4 Å². The van der Waals surface area contributed by atoms with Crippen LogP contribution in [0.3, 0.4) is 0 Å². The lowest BCUT2D eigenvalue weighted by molar-refractivity contribution is -0.843. The fourth-order valence-corrected chi connectivity index (χ4v) is 1.54. The predicted molar refractivity (Wildman–Crippen MR) is 56.8 cm³/mol. The van der Waals surface area contributed by atoms with Crippen LogP contribution in [0.2, 0.25) is 0 Å². The Kier molecular flexibility index (Phi) is 2.81. The molecule has 2 N–H and O–H groups in total. The summed E-state index contributed by atoms with van der Waals surface area (Å²) in [5.74, 6) is 0. The van der Waals surface area contributed by atoms with E-state index in [9.17, 15) is 5.21 Å². The van der Waals surface area contributed by atoms with Gasteiger partial charge in [0, 0.05) is 17.8 Å². The van der Waals surface area contributed by atoms with Crippen molar-refractivity contribution in [3.05, 3.63) is 47.3 Å². The monoisotopic (exact) mass is 190 g/mol. The highest BCUT2D eigenvalue weighted by Gasteiger charge is 2.07. The van der Waals surface area contributed by atoms with Gasteiger partial charge in [0.25, 0.3) is 0 Å². The summed E-state index contributed by atoms with van der Waals surface area (Å²) in [6.45, 7) is 1.25. The van der Waals surface area contributed by atoms with Crippen LogP contribution in [0, 0.1) is 5.21 Å². The van der Waals surface area contributed by atoms with Gasteiger partial charge >= 0.3 is 0 Å². The maximum atomic E-state index is 11.0. The number of rotatable bonds is 2. The number of anilines is 1. The number of para-hydroxylation sites is 1. The molecule has 74 valence electrons. The number of nitrogens with one attached hydrogen (secondary N) is 2. The van der Waals surface area contributed by atoms with Crippen LogP contribution in [0.15, 0.2) is 42.1 Å². The highest BCUT2D eigenvalue weighted by molar-refractivity contribution is 5.47. The van der Waals surface area contributed by atoms with Crippen LogP contribution in [0.25, 0.3) is 0 Å². The maximum Gasteiger partial charge on any atom is 0.0975 e. The largest absolute Gasteiger partial charge is 0.634 e. The maximum absolute atomic E-state index is 11.0. The number of benzene rings is 1. The summed E-state index contributed by atoms with van der Waals surface area (Å²) in [6.07, 6.45) is 2.83. The summed E-state index contributed by atoms with van der Waals surface area (Å²) in [6, 6.07) is 10.0. The lowest BCUT2D eigenvalue weighted by Crippen LogP contribution is -3.07. The molecule has 1 unspecified atom stereocenters. The fourth-order valence-electron chi connectivity index (χ4n) is 1.54. The molecule has 0 spiro atoms. The molecule has 0 aromatic heterocycles. The Morgan fingerprint density at radius 1 is 1.21 bits per heavy atom. The molecule has 0 saturated carbocycles. The minimum absolute atomic E-state index is 0.337. The summed E-state index contributed by atoms with van der Waals surface area (Å²) in [4.78, 5) is 0. The summed E-state index contributed by atoms with van der Waals surface area (Å²) < 4.78 is 0. The zero-order valence-electron chi connectivity index (χ0n) is 7.99. The van der Waals surface area contributed by atoms with E-state index in [0.29, 0.717) is 18.2 Å². The summed E-state index contributed by atoms with van der Waals surface area (Å²) >= 11 is 0. The molecule has 1 aliphatic heterocycles.